The zero-order valence-corrected chi connectivity index (χ0v) is 17.9. The van der Waals surface area contributed by atoms with E-state index in [1.807, 2.05) is 0 Å². The van der Waals surface area contributed by atoms with Crippen LogP contribution in [0.15, 0.2) is 64.9 Å². The number of ether oxygens (including phenoxy) is 2. The molecular formula is C22H24N2O5S. The maximum atomic E-state index is 12.9. The van der Waals surface area contributed by atoms with Crippen molar-refractivity contribution in [2.24, 2.45) is 0 Å². The first-order chi connectivity index (χ1) is 14.2. The predicted molar refractivity (Wildman–Crippen MR) is 114 cm³/mol. The largest absolute Gasteiger partial charge is 0.491 e. The normalized spacial score (nSPS) is 11.8. The monoisotopic (exact) mass is 428 g/mol. The molecule has 0 saturated heterocycles. The van der Waals surface area contributed by atoms with Gasteiger partial charge in [0, 0.05) is 30.3 Å². The van der Waals surface area contributed by atoms with E-state index < -0.39 is 15.3 Å². The van der Waals surface area contributed by atoms with Crippen LogP contribution in [0.5, 0.6) is 5.75 Å². The second-order valence-electron chi connectivity index (χ2n) is 6.95. The van der Waals surface area contributed by atoms with Gasteiger partial charge in [0.2, 0.25) is 15.7 Å². The number of anilines is 1. The first-order valence-corrected chi connectivity index (χ1v) is 10.7. The summed E-state index contributed by atoms with van der Waals surface area (Å²) in [4.78, 5) is 12.9. The topological polar surface area (TPSA) is 105 Å². The highest BCUT2D eigenvalue weighted by Crippen LogP contribution is 2.27. The van der Waals surface area contributed by atoms with E-state index in [4.69, 9.17) is 14.7 Å². The average Bonchev–Trinajstić information content (AvgIpc) is 2.73. The number of nitriles is 1. The van der Waals surface area contributed by atoms with E-state index in [2.05, 4.69) is 5.32 Å². The smallest absolute Gasteiger partial charge is 0.234 e. The Labute approximate surface area is 176 Å². The number of carbonyl (C=O) groups is 1. The molecule has 2 aromatic carbocycles. The minimum Gasteiger partial charge on any atom is -0.491 e. The Hall–Kier alpha value is -3.15. The molecule has 30 heavy (non-hydrogen) atoms. The zero-order valence-electron chi connectivity index (χ0n) is 17.1. The lowest BCUT2D eigenvalue weighted by molar-refractivity contribution is -0.120. The van der Waals surface area contributed by atoms with Crippen LogP contribution in [-0.4, -0.2) is 34.6 Å². The van der Waals surface area contributed by atoms with Gasteiger partial charge in [0.25, 0.3) is 0 Å². The fraction of sp³-hybridized carbons (Fsp3) is 0.273. The third-order valence-corrected chi connectivity index (χ3v) is 5.87. The maximum Gasteiger partial charge on any atom is 0.234 e. The molecule has 0 aliphatic heterocycles. The molecule has 1 amide bonds. The van der Waals surface area contributed by atoms with Gasteiger partial charge < -0.3 is 14.8 Å². The first kappa shape index (κ1) is 23.1. The summed E-state index contributed by atoms with van der Waals surface area (Å²) >= 11 is 0. The van der Waals surface area contributed by atoms with E-state index in [1.165, 1.54) is 12.1 Å². The Balaban J connectivity index is 2.15. The molecule has 8 heteroatoms. The van der Waals surface area contributed by atoms with Crippen molar-refractivity contribution < 1.29 is 22.7 Å². The van der Waals surface area contributed by atoms with Gasteiger partial charge in [-0.05, 0) is 43.7 Å². The fourth-order valence-corrected chi connectivity index (χ4v) is 3.50. The average molecular weight is 429 g/mol. The first-order valence-electron chi connectivity index (χ1n) is 9.16. The minimum absolute atomic E-state index is 0.0508. The van der Waals surface area contributed by atoms with Gasteiger partial charge >= 0.3 is 0 Å². The van der Waals surface area contributed by atoms with Gasteiger partial charge in [-0.1, -0.05) is 18.2 Å². The SMILES string of the molecule is COCCOc1cccc(NC(=O)C(C)(C)c2ccc(S(=O)(=O)/C=C/C#N)cc2)c1. The molecule has 0 aliphatic carbocycles. The van der Waals surface area contributed by atoms with Crippen molar-refractivity contribution in [3.63, 3.8) is 0 Å². The lowest BCUT2D eigenvalue weighted by Crippen LogP contribution is -2.34. The summed E-state index contributed by atoms with van der Waals surface area (Å²) in [7, 11) is -2.10. The highest BCUT2D eigenvalue weighted by molar-refractivity contribution is 7.94. The number of hydrogen-bond acceptors (Lipinski definition) is 6. The van der Waals surface area contributed by atoms with E-state index >= 15 is 0 Å². The van der Waals surface area contributed by atoms with Crippen molar-refractivity contribution in [2.45, 2.75) is 24.2 Å². The summed E-state index contributed by atoms with van der Waals surface area (Å²) in [5.74, 6) is 0.360. The van der Waals surface area contributed by atoms with Crippen LogP contribution in [0.3, 0.4) is 0 Å². The molecule has 0 saturated carbocycles. The third-order valence-electron chi connectivity index (χ3n) is 4.44. The van der Waals surface area contributed by atoms with Crippen LogP contribution in [0.1, 0.15) is 19.4 Å². The fourth-order valence-electron chi connectivity index (χ4n) is 2.58. The molecule has 158 valence electrons. The van der Waals surface area contributed by atoms with Crippen molar-refractivity contribution in [3.05, 3.63) is 65.6 Å². The van der Waals surface area contributed by atoms with Crippen LogP contribution < -0.4 is 10.1 Å². The van der Waals surface area contributed by atoms with Crippen LogP contribution in [0.4, 0.5) is 5.69 Å². The third kappa shape index (κ3) is 5.92. The van der Waals surface area contributed by atoms with Crippen LogP contribution in [0.2, 0.25) is 0 Å². The molecule has 2 aromatic rings. The van der Waals surface area contributed by atoms with Crippen molar-refractivity contribution in [3.8, 4) is 11.8 Å². The molecular weight excluding hydrogens is 404 g/mol. The molecule has 0 spiro atoms. The Morgan fingerprint density at radius 2 is 1.87 bits per heavy atom. The summed E-state index contributed by atoms with van der Waals surface area (Å²) in [6.45, 7) is 4.36. The number of rotatable bonds is 9. The van der Waals surface area contributed by atoms with Gasteiger partial charge in [-0.3, -0.25) is 4.79 Å². The molecule has 0 aromatic heterocycles. The Morgan fingerprint density at radius 1 is 1.17 bits per heavy atom. The van der Waals surface area contributed by atoms with E-state index in [1.54, 1.807) is 63.4 Å². The van der Waals surface area contributed by atoms with Crippen molar-refractivity contribution in [2.75, 3.05) is 25.6 Å². The van der Waals surface area contributed by atoms with Gasteiger partial charge in [0.1, 0.15) is 12.4 Å². The molecule has 0 radical (unpaired) electrons. The maximum absolute atomic E-state index is 12.9. The number of hydrogen-bond donors (Lipinski definition) is 1. The van der Waals surface area contributed by atoms with Gasteiger partial charge in [0.15, 0.2) is 0 Å². The van der Waals surface area contributed by atoms with E-state index in [9.17, 15) is 13.2 Å². The molecule has 0 atom stereocenters. The van der Waals surface area contributed by atoms with Crippen molar-refractivity contribution >= 4 is 21.4 Å². The molecule has 0 bridgehead atoms. The second-order valence-corrected chi connectivity index (χ2v) is 8.78. The Morgan fingerprint density at radius 3 is 2.50 bits per heavy atom. The summed E-state index contributed by atoms with van der Waals surface area (Å²) in [6, 6.07) is 14.7. The van der Waals surface area contributed by atoms with Gasteiger partial charge in [-0.15, -0.1) is 0 Å². The Kier molecular flexibility index (Phi) is 7.75. The minimum atomic E-state index is -3.69. The number of nitrogens with one attached hydrogen (secondary N) is 1. The molecule has 1 N–H and O–H groups in total. The number of sulfone groups is 1. The van der Waals surface area contributed by atoms with Crippen molar-refractivity contribution in [1.29, 1.82) is 5.26 Å². The summed E-state index contributed by atoms with van der Waals surface area (Å²) in [5.41, 5.74) is 0.317. The van der Waals surface area contributed by atoms with E-state index in [-0.39, 0.29) is 10.8 Å². The predicted octanol–water partition coefficient (Wildman–Crippen LogP) is 3.44. The van der Waals surface area contributed by atoms with E-state index in [0.717, 1.165) is 11.5 Å². The molecule has 0 heterocycles. The number of carbonyl (C=O) groups excluding carboxylic acids is 1. The molecule has 2 rings (SSSR count). The van der Waals surface area contributed by atoms with Crippen LogP contribution >= 0.6 is 0 Å². The highest BCUT2D eigenvalue weighted by atomic mass is 32.2. The summed E-state index contributed by atoms with van der Waals surface area (Å²) in [6.07, 6.45) is 0.910. The highest BCUT2D eigenvalue weighted by Gasteiger charge is 2.30. The lowest BCUT2D eigenvalue weighted by Gasteiger charge is -2.24. The molecule has 7 nitrogen and oxygen atoms in total. The number of amides is 1. The lowest BCUT2D eigenvalue weighted by atomic mass is 9.83. The molecule has 0 unspecified atom stereocenters. The summed E-state index contributed by atoms with van der Waals surface area (Å²) in [5, 5.41) is 12.2. The molecule has 0 fully saturated rings. The Bertz CT molecular complexity index is 1050. The summed E-state index contributed by atoms with van der Waals surface area (Å²) < 4.78 is 34.7. The quantitative estimate of drug-likeness (QED) is 0.484. The number of methoxy groups -OCH3 is 1. The number of allylic oxidation sites excluding steroid dienone is 1. The van der Waals surface area contributed by atoms with Crippen molar-refractivity contribution in [1.82, 2.24) is 0 Å². The standard InChI is InChI=1S/C22H24N2O5S/c1-22(2,17-8-10-20(11-9-17)30(26,27)15-5-12-23)21(25)24-18-6-4-7-19(16-18)29-14-13-28-3/h4-11,15-16H,13-14H2,1-3H3,(H,24,25)/b15-5+. The van der Waals surface area contributed by atoms with Gasteiger partial charge in [-0.2, -0.15) is 5.26 Å². The van der Waals surface area contributed by atoms with Crippen LogP contribution in [-0.2, 0) is 24.8 Å². The van der Waals surface area contributed by atoms with Gasteiger partial charge in [-0.25, -0.2) is 8.42 Å². The number of nitrogens with zero attached hydrogens (tertiary/aromatic N) is 1. The number of benzene rings is 2. The van der Waals surface area contributed by atoms with Crippen LogP contribution in [0.25, 0.3) is 0 Å². The van der Waals surface area contributed by atoms with Crippen LogP contribution in [0, 0.1) is 11.3 Å². The van der Waals surface area contributed by atoms with E-state index in [0.29, 0.717) is 30.2 Å². The van der Waals surface area contributed by atoms with Gasteiger partial charge in [0.05, 0.1) is 23.0 Å². The molecule has 0 aliphatic rings. The second kappa shape index (κ2) is 10.1. The zero-order chi connectivity index (χ0) is 22.2.